The molecule has 21 heavy (non-hydrogen) atoms. The van der Waals surface area contributed by atoms with Gasteiger partial charge in [0.05, 0.1) is 5.92 Å². The molecule has 0 aliphatic heterocycles. The van der Waals surface area contributed by atoms with Crippen LogP contribution in [-0.4, -0.2) is 17.6 Å². The van der Waals surface area contributed by atoms with Gasteiger partial charge in [0, 0.05) is 11.2 Å². The second-order valence-electron chi connectivity index (χ2n) is 5.88. The maximum Gasteiger partial charge on any atom is 0.306 e. The number of carboxylic acid groups (broad SMARTS) is 1. The van der Waals surface area contributed by atoms with Gasteiger partial charge in [-0.3, -0.25) is 4.79 Å². The molecule has 1 fully saturated rings. The molecule has 2 unspecified atom stereocenters. The van der Waals surface area contributed by atoms with E-state index in [1.807, 2.05) is 0 Å². The van der Waals surface area contributed by atoms with Crippen LogP contribution in [0.1, 0.15) is 31.2 Å². The Hall–Kier alpha value is -1.39. The number of rotatable bonds is 5. The number of aliphatic carboxylic acids is 1. The van der Waals surface area contributed by atoms with Crippen LogP contribution in [0.15, 0.2) is 29.6 Å². The van der Waals surface area contributed by atoms with Crippen molar-refractivity contribution >= 4 is 27.4 Å². The highest BCUT2D eigenvalue weighted by Gasteiger charge is 2.30. The van der Waals surface area contributed by atoms with Crippen LogP contribution in [0.2, 0.25) is 0 Å². The SMILES string of the molecule is O=C(O)C1CCCCC1CNCc1csc2ccccc12. The Morgan fingerprint density at radius 1 is 1.29 bits per heavy atom. The van der Waals surface area contributed by atoms with Crippen molar-refractivity contribution in [1.82, 2.24) is 5.32 Å². The van der Waals surface area contributed by atoms with E-state index < -0.39 is 5.97 Å². The number of nitrogens with one attached hydrogen (secondary N) is 1. The lowest BCUT2D eigenvalue weighted by Gasteiger charge is -2.28. The van der Waals surface area contributed by atoms with Crippen LogP contribution in [0.5, 0.6) is 0 Å². The third kappa shape index (κ3) is 3.27. The molecule has 0 bridgehead atoms. The fourth-order valence-corrected chi connectivity index (χ4v) is 4.30. The highest BCUT2D eigenvalue weighted by molar-refractivity contribution is 7.17. The predicted octanol–water partition coefficient (Wildman–Crippen LogP) is 3.88. The molecule has 0 saturated heterocycles. The summed E-state index contributed by atoms with van der Waals surface area (Å²) in [4.78, 5) is 11.3. The van der Waals surface area contributed by atoms with Crippen LogP contribution in [0.25, 0.3) is 10.1 Å². The average Bonchev–Trinajstić information content (AvgIpc) is 2.91. The zero-order chi connectivity index (χ0) is 14.7. The average molecular weight is 303 g/mol. The van der Waals surface area contributed by atoms with Crippen molar-refractivity contribution in [2.24, 2.45) is 11.8 Å². The summed E-state index contributed by atoms with van der Waals surface area (Å²) in [5.41, 5.74) is 1.32. The quantitative estimate of drug-likeness (QED) is 0.881. The summed E-state index contributed by atoms with van der Waals surface area (Å²) in [6, 6.07) is 8.43. The number of thiophene rings is 1. The smallest absolute Gasteiger partial charge is 0.306 e. The van der Waals surface area contributed by atoms with Gasteiger partial charge in [-0.15, -0.1) is 11.3 Å². The topological polar surface area (TPSA) is 49.3 Å². The molecule has 2 aromatic rings. The lowest BCUT2D eigenvalue weighted by Crippen LogP contribution is -2.34. The third-order valence-electron chi connectivity index (χ3n) is 4.51. The van der Waals surface area contributed by atoms with E-state index in [2.05, 4.69) is 35.0 Å². The van der Waals surface area contributed by atoms with Gasteiger partial charge >= 0.3 is 5.97 Å². The van der Waals surface area contributed by atoms with Gasteiger partial charge in [-0.25, -0.2) is 0 Å². The van der Waals surface area contributed by atoms with Crippen molar-refractivity contribution in [3.8, 4) is 0 Å². The van der Waals surface area contributed by atoms with Crippen LogP contribution in [0, 0.1) is 11.8 Å². The summed E-state index contributed by atoms with van der Waals surface area (Å²) in [5.74, 6) is -0.505. The largest absolute Gasteiger partial charge is 0.481 e. The van der Waals surface area contributed by atoms with Gasteiger partial charge in [-0.2, -0.15) is 0 Å². The minimum absolute atomic E-state index is 0.162. The monoisotopic (exact) mass is 303 g/mol. The summed E-state index contributed by atoms with van der Waals surface area (Å²) in [5, 5.41) is 16.3. The van der Waals surface area contributed by atoms with Crippen LogP contribution in [0.4, 0.5) is 0 Å². The van der Waals surface area contributed by atoms with Crippen molar-refractivity contribution in [3.63, 3.8) is 0 Å². The van der Waals surface area contributed by atoms with E-state index in [0.717, 1.165) is 38.8 Å². The molecule has 112 valence electrons. The van der Waals surface area contributed by atoms with Crippen molar-refractivity contribution in [3.05, 3.63) is 35.2 Å². The Labute approximate surface area is 129 Å². The van der Waals surface area contributed by atoms with E-state index in [1.165, 1.54) is 15.6 Å². The molecule has 1 aliphatic rings. The molecule has 1 aliphatic carbocycles. The number of hydrogen-bond donors (Lipinski definition) is 2. The summed E-state index contributed by atoms with van der Waals surface area (Å²) in [6.45, 7) is 1.63. The van der Waals surface area contributed by atoms with Gasteiger partial charge in [-0.1, -0.05) is 31.0 Å². The van der Waals surface area contributed by atoms with E-state index in [0.29, 0.717) is 0 Å². The molecule has 0 amide bonds. The first-order chi connectivity index (χ1) is 10.3. The molecule has 1 heterocycles. The molecule has 3 rings (SSSR count). The van der Waals surface area contributed by atoms with Crippen molar-refractivity contribution in [2.75, 3.05) is 6.54 Å². The Morgan fingerprint density at radius 3 is 2.95 bits per heavy atom. The number of carboxylic acids is 1. The minimum atomic E-state index is -0.623. The van der Waals surface area contributed by atoms with Crippen LogP contribution < -0.4 is 5.32 Å². The van der Waals surface area contributed by atoms with Gasteiger partial charge in [0.25, 0.3) is 0 Å². The molecule has 0 spiro atoms. The zero-order valence-corrected chi connectivity index (χ0v) is 12.9. The molecule has 3 nitrogen and oxygen atoms in total. The molecule has 1 aromatic carbocycles. The number of hydrogen-bond acceptors (Lipinski definition) is 3. The lowest BCUT2D eigenvalue weighted by atomic mass is 9.79. The Morgan fingerprint density at radius 2 is 2.10 bits per heavy atom. The van der Waals surface area contributed by atoms with E-state index in [4.69, 9.17) is 0 Å². The van der Waals surface area contributed by atoms with Gasteiger partial charge < -0.3 is 10.4 Å². The van der Waals surface area contributed by atoms with Crippen molar-refractivity contribution in [2.45, 2.75) is 32.2 Å². The molecule has 2 atom stereocenters. The molecule has 1 saturated carbocycles. The standard InChI is InChI=1S/C17H21NO2S/c19-17(20)15-7-2-1-5-12(15)9-18-10-13-11-21-16-8-4-3-6-14(13)16/h3-4,6,8,11-12,15,18H,1-2,5,7,9-10H2,(H,19,20). The van der Waals surface area contributed by atoms with Gasteiger partial charge in [0.2, 0.25) is 0 Å². The van der Waals surface area contributed by atoms with E-state index >= 15 is 0 Å². The maximum atomic E-state index is 11.3. The summed E-state index contributed by atoms with van der Waals surface area (Å²) >= 11 is 1.77. The van der Waals surface area contributed by atoms with Gasteiger partial charge in [0.15, 0.2) is 0 Å². The number of carbonyl (C=O) groups is 1. The molecule has 1 aromatic heterocycles. The Bertz CT molecular complexity index is 622. The van der Waals surface area contributed by atoms with E-state index in [9.17, 15) is 9.90 Å². The van der Waals surface area contributed by atoms with Gasteiger partial charge in [0.1, 0.15) is 0 Å². The summed E-state index contributed by atoms with van der Waals surface area (Å²) < 4.78 is 1.32. The summed E-state index contributed by atoms with van der Waals surface area (Å²) in [7, 11) is 0. The maximum absolute atomic E-state index is 11.3. The first-order valence-corrected chi connectivity index (χ1v) is 8.52. The number of benzene rings is 1. The fraction of sp³-hybridized carbons (Fsp3) is 0.471. The molecule has 4 heteroatoms. The lowest BCUT2D eigenvalue weighted by molar-refractivity contribution is -0.144. The number of fused-ring (bicyclic) bond motifs is 1. The fourth-order valence-electron chi connectivity index (χ4n) is 3.34. The van der Waals surface area contributed by atoms with Crippen LogP contribution in [0.3, 0.4) is 0 Å². The van der Waals surface area contributed by atoms with Gasteiger partial charge in [-0.05, 0) is 47.7 Å². The second-order valence-corrected chi connectivity index (χ2v) is 6.79. The highest BCUT2D eigenvalue weighted by Crippen LogP contribution is 2.30. The minimum Gasteiger partial charge on any atom is -0.481 e. The summed E-state index contributed by atoms with van der Waals surface area (Å²) in [6.07, 6.45) is 4.09. The molecular weight excluding hydrogens is 282 g/mol. The predicted molar refractivity (Wildman–Crippen MR) is 86.6 cm³/mol. The molecule has 0 radical (unpaired) electrons. The Balaban J connectivity index is 1.59. The highest BCUT2D eigenvalue weighted by atomic mass is 32.1. The van der Waals surface area contributed by atoms with E-state index in [1.54, 1.807) is 11.3 Å². The molecular formula is C17H21NO2S. The van der Waals surface area contributed by atoms with Crippen LogP contribution in [-0.2, 0) is 11.3 Å². The van der Waals surface area contributed by atoms with Crippen LogP contribution >= 0.6 is 11.3 Å². The third-order valence-corrected chi connectivity index (χ3v) is 5.52. The molecule has 2 N–H and O–H groups in total. The second kappa shape index (κ2) is 6.58. The first-order valence-electron chi connectivity index (χ1n) is 7.64. The first kappa shape index (κ1) is 14.5. The zero-order valence-electron chi connectivity index (χ0n) is 12.0. The van der Waals surface area contributed by atoms with E-state index in [-0.39, 0.29) is 11.8 Å². The van der Waals surface area contributed by atoms with Crippen molar-refractivity contribution in [1.29, 1.82) is 0 Å². The van der Waals surface area contributed by atoms with Crippen molar-refractivity contribution < 1.29 is 9.90 Å². The Kier molecular flexibility index (Phi) is 4.56. The normalized spacial score (nSPS) is 22.5.